The summed E-state index contributed by atoms with van der Waals surface area (Å²) in [6.07, 6.45) is 3.81. The minimum absolute atomic E-state index is 0.163. The number of nitrogens with two attached hydrogens (primary N) is 1. The highest BCUT2D eigenvalue weighted by Crippen LogP contribution is 2.31. The maximum atomic E-state index is 11.2. The second-order valence-corrected chi connectivity index (χ2v) is 5.90. The van der Waals surface area contributed by atoms with Crippen LogP contribution < -0.4 is 11.1 Å². The van der Waals surface area contributed by atoms with E-state index in [1.807, 2.05) is 23.6 Å². The molecular formula is C14H17N5OS. The molecule has 0 aliphatic carbocycles. The molecule has 1 atom stereocenters. The highest BCUT2D eigenvalue weighted by molar-refractivity contribution is 7.13. The summed E-state index contributed by atoms with van der Waals surface area (Å²) in [5.41, 5.74) is 6.28. The highest BCUT2D eigenvalue weighted by Gasteiger charge is 2.28. The van der Waals surface area contributed by atoms with Crippen LogP contribution in [0.5, 0.6) is 0 Å². The topological polar surface area (TPSA) is 84.1 Å². The Morgan fingerprint density at radius 2 is 2.43 bits per heavy atom. The number of likely N-dealkylation sites (tertiary alicyclic amines) is 1. The zero-order valence-electron chi connectivity index (χ0n) is 11.5. The van der Waals surface area contributed by atoms with Gasteiger partial charge in [-0.25, -0.2) is 9.97 Å². The summed E-state index contributed by atoms with van der Waals surface area (Å²) in [4.78, 5) is 22.1. The molecule has 1 aliphatic rings. The summed E-state index contributed by atoms with van der Waals surface area (Å²) in [6.45, 7) is 1.18. The van der Waals surface area contributed by atoms with E-state index in [1.165, 1.54) is 11.3 Å². The number of carbonyl (C=O) groups is 1. The van der Waals surface area contributed by atoms with E-state index >= 15 is 0 Å². The second-order valence-electron chi connectivity index (χ2n) is 5.00. The zero-order chi connectivity index (χ0) is 14.7. The Hall–Kier alpha value is -1.99. The molecule has 0 spiro atoms. The number of rotatable bonds is 5. The Morgan fingerprint density at radius 1 is 1.52 bits per heavy atom. The normalized spacial score (nSPS) is 18.8. The van der Waals surface area contributed by atoms with E-state index in [4.69, 9.17) is 5.73 Å². The van der Waals surface area contributed by atoms with Gasteiger partial charge in [0.1, 0.15) is 5.82 Å². The Morgan fingerprint density at radius 3 is 3.19 bits per heavy atom. The first-order valence-corrected chi connectivity index (χ1v) is 7.76. The molecule has 1 fully saturated rings. The van der Waals surface area contributed by atoms with Gasteiger partial charge in [0, 0.05) is 11.6 Å². The van der Waals surface area contributed by atoms with Crippen molar-refractivity contribution in [2.75, 3.05) is 18.4 Å². The van der Waals surface area contributed by atoms with Crippen LogP contribution in [-0.4, -0.2) is 33.9 Å². The number of hydrogen-bond donors (Lipinski definition) is 2. The molecule has 1 saturated heterocycles. The molecule has 6 nitrogen and oxygen atoms in total. The van der Waals surface area contributed by atoms with Crippen LogP contribution in [0.2, 0.25) is 0 Å². The van der Waals surface area contributed by atoms with Crippen molar-refractivity contribution in [2.45, 2.75) is 18.9 Å². The lowest BCUT2D eigenvalue weighted by Gasteiger charge is -2.22. The molecule has 0 bridgehead atoms. The number of aromatic nitrogens is 2. The number of hydrogen-bond acceptors (Lipinski definition) is 6. The third-order valence-electron chi connectivity index (χ3n) is 3.50. The third-order valence-corrected chi connectivity index (χ3v) is 4.19. The molecule has 3 rings (SSSR count). The molecule has 0 aromatic carbocycles. The van der Waals surface area contributed by atoms with Crippen molar-refractivity contribution in [1.29, 1.82) is 0 Å². The molecule has 0 radical (unpaired) electrons. The molecule has 21 heavy (non-hydrogen) atoms. The number of amides is 1. The first kappa shape index (κ1) is 14.0. The highest BCUT2D eigenvalue weighted by atomic mass is 32.1. The van der Waals surface area contributed by atoms with Crippen molar-refractivity contribution in [2.24, 2.45) is 5.73 Å². The summed E-state index contributed by atoms with van der Waals surface area (Å²) < 4.78 is 0. The van der Waals surface area contributed by atoms with E-state index in [1.54, 1.807) is 6.20 Å². The molecule has 3 heterocycles. The van der Waals surface area contributed by atoms with E-state index < -0.39 is 0 Å². The lowest BCUT2D eigenvalue weighted by molar-refractivity contribution is -0.119. The van der Waals surface area contributed by atoms with Crippen molar-refractivity contribution in [1.82, 2.24) is 14.9 Å². The summed E-state index contributed by atoms with van der Waals surface area (Å²) in [5, 5.41) is 5.92. The Kier molecular flexibility index (Phi) is 4.12. The lowest BCUT2D eigenvalue weighted by Crippen LogP contribution is -2.33. The van der Waals surface area contributed by atoms with Crippen LogP contribution in [0, 0.1) is 0 Å². The van der Waals surface area contributed by atoms with Crippen LogP contribution in [0.1, 0.15) is 24.6 Å². The van der Waals surface area contributed by atoms with Gasteiger partial charge in [-0.1, -0.05) is 6.07 Å². The smallest absolute Gasteiger partial charge is 0.231 e. The lowest BCUT2D eigenvalue weighted by atomic mass is 10.1. The van der Waals surface area contributed by atoms with E-state index in [-0.39, 0.29) is 18.5 Å². The van der Waals surface area contributed by atoms with Gasteiger partial charge in [-0.15, -0.1) is 11.3 Å². The van der Waals surface area contributed by atoms with Crippen molar-refractivity contribution in [3.05, 3.63) is 35.5 Å². The van der Waals surface area contributed by atoms with Gasteiger partial charge in [0.2, 0.25) is 5.91 Å². The van der Waals surface area contributed by atoms with Gasteiger partial charge in [-0.2, -0.15) is 0 Å². The summed E-state index contributed by atoms with van der Waals surface area (Å²) >= 11 is 1.53. The molecular weight excluding hydrogens is 286 g/mol. The average molecular weight is 303 g/mol. The third kappa shape index (κ3) is 3.37. The summed E-state index contributed by atoms with van der Waals surface area (Å²) in [6, 6.07) is 6.05. The van der Waals surface area contributed by atoms with Crippen molar-refractivity contribution < 1.29 is 4.79 Å². The standard InChI is InChI=1S/C14H17N5OS/c15-12(20)9-19-7-2-4-11(19)10-3-1-5-13(17-10)18-14-16-6-8-21-14/h1,3,5-6,8,11H,2,4,7,9H2,(H2,15,20)(H,16,17,18)/t11-/m0/s1. The van der Waals surface area contributed by atoms with Crippen molar-refractivity contribution >= 4 is 28.2 Å². The van der Waals surface area contributed by atoms with E-state index in [2.05, 4.69) is 20.2 Å². The summed E-state index contributed by atoms with van der Waals surface area (Å²) in [5.74, 6) is 0.479. The predicted octanol–water partition coefficient (Wildman–Crippen LogP) is 1.90. The van der Waals surface area contributed by atoms with Crippen LogP contribution >= 0.6 is 11.3 Å². The molecule has 110 valence electrons. The molecule has 0 unspecified atom stereocenters. The van der Waals surface area contributed by atoms with Gasteiger partial charge in [-0.3, -0.25) is 9.69 Å². The van der Waals surface area contributed by atoms with Gasteiger partial charge in [0.15, 0.2) is 5.13 Å². The number of anilines is 2. The average Bonchev–Trinajstić information content (AvgIpc) is 3.10. The largest absolute Gasteiger partial charge is 0.369 e. The maximum Gasteiger partial charge on any atom is 0.231 e. The van der Waals surface area contributed by atoms with Crippen LogP contribution in [0.3, 0.4) is 0 Å². The van der Waals surface area contributed by atoms with Gasteiger partial charge < -0.3 is 11.1 Å². The first-order chi connectivity index (χ1) is 10.2. The molecule has 1 amide bonds. The number of thiazole rings is 1. The van der Waals surface area contributed by atoms with Gasteiger partial charge in [0.25, 0.3) is 0 Å². The van der Waals surface area contributed by atoms with Crippen LogP contribution in [0.15, 0.2) is 29.8 Å². The van der Waals surface area contributed by atoms with E-state index in [9.17, 15) is 4.79 Å². The van der Waals surface area contributed by atoms with Gasteiger partial charge >= 0.3 is 0 Å². The molecule has 0 saturated carbocycles. The Bertz CT molecular complexity index is 616. The molecule has 7 heteroatoms. The fraction of sp³-hybridized carbons (Fsp3) is 0.357. The number of pyridine rings is 1. The number of nitrogens with zero attached hydrogens (tertiary/aromatic N) is 3. The summed E-state index contributed by atoms with van der Waals surface area (Å²) in [7, 11) is 0. The number of primary amides is 1. The fourth-order valence-electron chi connectivity index (χ4n) is 2.65. The monoisotopic (exact) mass is 303 g/mol. The molecule has 1 aliphatic heterocycles. The SMILES string of the molecule is NC(=O)CN1CCC[C@H]1c1cccc(Nc2nccs2)n1. The zero-order valence-corrected chi connectivity index (χ0v) is 12.3. The first-order valence-electron chi connectivity index (χ1n) is 6.88. The Balaban J connectivity index is 1.77. The minimum Gasteiger partial charge on any atom is -0.369 e. The fourth-order valence-corrected chi connectivity index (χ4v) is 3.19. The quantitative estimate of drug-likeness (QED) is 0.881. The van der Waals surface area contributed by atoms with Crippen molar-refractivity contribution in [3.63, 3.8) is 0 Å². The Labute approximate surface area is 127 Å². The number of carbonyl (C=O) groups excluding carboxylic acids is 1. The molecule has 2 aromatic heterocycles. The minimum atomic E-state index is -0.293. The van der Waals surface area contributed by atoms with Gasteiger partial charge in [-0.05, 0) is 31.5 Å². The molecule has 2 aromatic rings. The van der Waals surface area contributed by atoms with Crippen LogP contribution in [0.4, 0.5) is 10.9 Å². The van der Waals surface area contributed by atoms with Crippen molar-refractivity contribution in [3.8, 4) is 0 Å². The molecule has 3 N–H and O–H groups in total. The van der Waals surface area contributed by atoms with E-state index in [0.29, 0.717) is 0 Å². The predicted molar refractivity (Wildman–Crippen MR) is 82.4 cm³/mol. The van der Waals surface area contributed by atoms with Crippen LogP contribution in [0.25, 0.3) is 0 Å². The number of nitrogens with one attached hydrogen (secondary N) is 1. The van der Waals surface area contributed by atoms with Crippen LogP contribution in [-0.2, 0) is 4.79 Å². The van der Waals surface area contributed by atoms with E-state index in [0.717, 1.165) is 36.0 Å². The van der Waals surface area contributed by atoms with Gasteiger partial charge in [0.05, 0.1) is 18.3 Å². The second kappa shape index (κ2) is 6.19. The maximum absolute atomic E-state index is 11.2.